The summed E-state index contributed by atoms with van der Waals surface area (Å²) in [4.78, 5) is 3.97. The van der Waals surface area contributed by atoms with Gasteiger partial charge in [-0.1, -0.05) is 35.4 Å². The lowest BCUT2D eigenvalue weighted by molar-refractivity contribution is -0.137. The first-order valence-corrected chi connectivity index (χ1v) is 5.97. The first-order chi connectivity index (χ1) is 8.77. The highest BCUT2D eigenvalue weighted by Gasteiger charge is 2.31. The molecule has 0 fully saturated rings. The number of halogens is 4. The molecule has 0 radical (unpaired) electrons. The molecule has 0 spiro atoms. The fourth-order valence-electron chi connectivity index (χ4n) is 1.90. The van der Waals surface area contributed by atoms with E-state index in [-0.39, 0.29) is 10.8 Å². The van der Waals surface area contributed by atoms with Crippen molar-refractivity contribution in [1.82, 2.24) is 4.98 Å². The third-order valence-corrected chi connectivity index (χ3v) is 2.97. The van der Waals surface area contributed by atoms with Crippen LogP contribution in [-0.2, 0) is 6.18 Å². The Bertz CT molecular complexity index is 621. The van der Waals surface area contributed by atoms with Crippen molar-refractivity contribution in [3.63, 3.8) is 0 Å². The SMILES string of the molecule is Cc1ccc(-c2cc(C(F)(F)F)cc(Cl)n2)c(C)c1. The molecule has 1 heterocycles. The fourth-order valence-corrected chi connectivity index (χ4v) is 2.11. The van der Waals surface area contributed by atoms with Gasteiger partial charge < -0.3 is 0 Å². The third-order valence-electron chi connectivity index (χ3n) is 2.78. The van der Waals surface area contributed by atoms with E-state index in [9.17, 15) is 13.2 Å². The molecule has 2 rings (SSSR count). The van der Waals surface area contributed by atoms with Crippen molar-refractivity contribution in [2.45, 2.75) is 20.0 Å². The minimum atomic E-state index is -4.43. The highest BCUT2D eigenvalue weighted by Crippen LogP contribution is 2.34. The quantitative estimate of drug-likeness (QED) is 0.669. The molecule has 0 saturated heterocycles. The molecular weight excluding hydrogens is 275 g/mol. The predicted molar refractivity (Wildman–Crippen MR) is 69.2 cm³/mol. The van der Waals surface area contributed by atoms with Crippen LogP contribution in [-0.4, -0.2) is 4.98 Å². The van der Waals surface area contributed by atoms with Crippen LogP contribution in [0, 0.1) is 13.8 Å². The van der Waals surface area contributed by atoms with Crippen molar-refractivity contribution in [3.05, 3.63) is 52.2 Å². The van der Waals surface area contributed by atoms with Gasteiger partial charge in [-0.15, -0.1) is 0 Å². The number of nitrogens with zero attached hydrogens (tertiary/aromatic N) is 1. The van der Waals surface area contributed by atoms with Gasteiger partial charge in [0.15, 0.2) is 0 Å². The molecule has 0 aliphatic carbocycles. The summed E-state index contributed by atoms with van der Waals surface area (Å²) in [6.07, 6.45) is -4.43. The maximum atomic E-state index is 12.7. The van der Waals surface area contributed by atoms with E-state index >= 15 is 0 Å². The number of benzene rings is 1. The average molecular weight is 286 g/mol. The Labute approximate surface area is 114 Å². The highest BCUT2D eigenvalue weighted by atomic mass is 35.5. The van der Waals surface area contributed by atoms with Crippen LogP contribution in [0.4, 0.5) is 13.2 Å². The van der Waals surface area contributed by atoms with Crippen LogP contribution < -0.4 is 0 Å². The van der Waals surface area contributed by atoms with Crippen LogP contribution in [0.5, 0.6) is 0 Å². The first kappa shape index (κ1) is 13.9. The summed E-state index contributed by atoms with van der Waals surface area (Å²) in [5.74, 6) is 0. The Morgan fingerprint density at radius 3 is 2.32 bits per heavy atom. The normalized spacial score (nSPS) is 11.7. The van der Waals surface area contributed by atoms with E-state index in [4.69, 9.17) is 11.6 Å². The topological polar surface area (TPSA) is 12.9 Å². The van der Waals surface area contributed by atoms with Crippen LogP contribution in [0.3, 0.4) is 0 Å². The van der Waals surface area contributed by atoms with E-state index in [2.05, 4.69) is 4.98 Å². The second-order valence-electron chi connectivity index (χ2n) is 4.38. The van der Waals surface area contributed by atoms with E-state index in [0.29, 0.717) is 5.56 Å². The summed E-state index contributed by atoms with van der Waals surface area (Å²) in [6, 6.07) is 7.32. The maximum absolute atomic E-state index is 12.7. The molecule has 0 atom stereocenters. The largest absolute Gasteiger partial charge is 0.416 e. The molecule has 2 aromatic rings. The standard InChI is InChI=1S/C14H11ClF3N/c1-8-3-4-11(9(2)5-8)12-6-10(14(16,17)18)7-13(15)19-12/h3-7H,1-2H3. The third kappa shape index (κ3) is 3.07. The Morgan fingerprint density at radius 2 is 1.74 bits per heavy atom. The molecule has 0 amide bonds. The van der Waals surface area contributed by atoms with Gasteiger partial charge in [-0.05, 0) is 31.5 Å². The molecule has 1 nitrogen and oxygen atoms in total. The second-order valence-corrected chi connectivity index (χ2v) is 4.77. The molecule has 0 aliphatic rings. The lowest BCUT2D eigenvalue weighted by atomic mass is 10.0. The van der Waals surface area contributed by atoms with Crippen molar-refractivity contribution < 1.29 is 13.2 Å². The lowest BCUT2D eigenvalue weighted by Gasteiger charge is -2.11. The van der Waals surface area contributed by atoms with E-state index < -0.39 is 11.7 Å². The zero-order valence-corrected chi connectivity index (χ0v) is 11.1. The number of rotatable bonds is 1. The van der Waals surface area contributed by atoms with Crippen LogP contribution in [0.25, 0.3) is 11.3 Å². The Hall–Kier alpha value is -1.55. The Balaban J connectivity index is 2.59. The zero-order chi connectivity index (χ0) is 14.2. The van der Waals surface area contributed by atoms with Gasteiger partial charge in [-0.25, -0.2) is 4.98 Å². The van der Waals surface area contributed by atoms with Crippen LogP contribution in [0.2, 0.25) is 5.15 Å². The smallest absolute Gasteiger partial charge is 0.236 e. The molecule has 0 bridgehead atoms. The van der Waals surface area contributed by atoms with Crippen LogP contribution in [0.1, 0.15) is 16.7 Å². The number of hydrogen-bond acceptors (Lipinski definition) is 1. The molecule has 0 N–H and O–H groups in total. The van der Waals surface area contributed by atoms with E-state index in [1.165, 1.54) is 0 Å². The minimum absolute atomic E-state index is 0.162. The van der Waals surface area contributed by atoms with E-state index in [0.717, 1.165) is 23.3 Å². The number of aromatic nitrogens is 1. The summed E-state index contributed by atoms with van der Waals surface area (Å²) < 4.78 is 38.2. The molecular formula is C14H11ClF3N. The lowest BCUT2D eigenvalue weighted by Crippen LogP contribution is -2.06. The van der Waals surface area contributed by atoms with E-state index in [1.54, 1.807) is 6.07 Å². The number of alkyl halides is 3. The van der Waals surface area contributed by atoms with Gasteiger partial charge in [0.25, 0.3) is 0 Å². The maximum Gasteiger partial charge on any atom is 0.416 e. The van der Waals surface area contributed by atoms with Crippen LogP contribution in [0.15, 0.2) is 30.3 Å². The van der Waals surface area contributed by atoms with Crippen molar-refractivity contribution in [1.29, 1.82) is 0 Å². The van der Waals surface area contributed by atoms with Crippen LogP contribution >= 0.6 is 11.6 Å². The number of pyridine rings is 1. The summed E-state index contributed by atoms with van der Waals surface area (Å²) in [7, 11) is 0. The number of aryl methyl sites for hydroxylation is 2. The first-order valence-electron chi connectivity index (χ1n) is 5.60. The zero-order valence-electron chi connectivity index (χ0n) is 10.3. The molecule has 0 unspecified atom stereocenters. The van der Waals surface area contributed by atoms with E-state index in [1.807, 2.05) is 26.0 Å². The molecule has 1 aromatic heterocycles. The predicted octanol–water partition coefficient (Wildman–Crippen LogP) is 5.04. The molecule has 0 saturated carbocycles. The monoisotopic (exact) mass is 285 g/mol. The van der Waals surface area contributed by atoms with Crippen molar-refractivity contribution >= 4 is 11.6 Å². The summed E-state index contributed by atoms with van der Waals surface area (Å²) in [5, 5.41) is -0.162. The van der Waals surface area contributed by atoms with Gasteiger partial charge in [-0.3, -0.25) is 0 Å². The summed E-state index contributed by atoms with van der Waals surface area (Å²) in [6.45, 7) is 3.75. The highest BCUT2D eigenvalue weighted by molar-refractivity contribution is 6.29. The summed E-state index contributed by atoms with van der Waals surface area (Å²) >= 11 is 5.68. The minimum Gasteiger partial charge on any atom is -0.236 e. The molecule has 1 aromatic carbocycles. The van der Waals surface area contributed by atoms with Gasteiger partial charge in [0.1, 0.15) is 5.15 Å². The van der Waals surface area contributed by atoms with Gasteiger partial charge in [-0.2, -0.15) is 13.2 Å². The van der Waals surface area contributed by atoms with Gasteiger partial charge >= 0.3 is 6.18 Å². The Kier molecular flexibility index (Phi) is 3.54. The van der Waals surface area contributed by atoms with Gasteiger partial charge in [0, 0.05) is 5.56 Å². The van der Waals surface area contributed by atoms with Gasteiger partial charge in [0.2, 0.25) is 0 Å². The molecule has 5 heteroatoms. The van der Waals surface area contributed by atoms with Crippen molar-refractivity contribution in [2.75, 3.05) is 0 Å². The average Bonchev–Trinajstić information content (AvgIpc) is 2.26. The van der Waals surface area contributed by atoms with Gasteiger partial charge in [0.05, 0.1) is 11.3 Å². The summed E-state index contributed by atoms with van der Waals surface area (Å²) in [5.41, 5.74) is 2.00. The molecule has 100 valence electrons. The second kappa shape index (κ2) is 4.85. The Morgan fingerprint density at radius 1 is 1.05 bits per heavy atom. The fraction of sp³-hybridized carbons (Fsp3) is 0.214. The van der Waals surface area contributed by atoms with Crippen molar-refractivity contribution in [3.8, 4) is 11.3 Å². The number of hydrogen-bond donors (Lipinski definition) is 0. The van der Waals surface area contributed by atoms with Crippen molar-refractivity contribution in [2.24, 2.45) is 0 Å². The molecule has 0 aliphatic heterocycles. The molecule has 19 heavy (non-hydrogen) atoms.